The number of halogens is 3. The Bertz CT molecular complexity index is 438. The highest BCUT2D eigenvalue weighted by Crippen LogP contribution is 2.91. The van der Waals surface area contributed by atoms with Crippen molar-refractivity contribution >= 4 is 8.07 Å². The fourth-order valence-corrected chi connectivity index (χ4v) is 10.4. The third kappa shape index (κ3) is 0.862. The summed E-state index contributed by atoms with van der Waals surface area (Å²) in [6.07, 6.45) is 0.298. The minimum absolute atomic E-state index is 0.0655. The summed E-state index contributed by atoms with van der Waals surface area (Å²) in [5, 5.41) is 0. The van der Waals surface area contributed by atoms with Crippen molar-refractivity contribution in [3.05, 3.63) is 12.2 Å². The molecule has 4 rings (SSSR count). The largest absolute Gasteiger partial charge is 0.398 e. The van der Waals surface area contributed by atoms with Gasteiger partial charge in [-0.15, -0.1) is 0 Å². The van der Waals surface area contributed by atoms with Crippen molar-refractivity contribution in [2.24, 2.45) is 28.6 Å². The van der Waals surface area contributed by atoms with Crippen molar-refractivity contribution in [1.29, 1.82) is 0 Å². The molecule has 0 aromatic carbocycles. The lowest BCUT2D eigenvalue weighted by Gasteiger charge is -2.42. The zero-order valence-electron chi connectivity index (χ0n) is 10.1. The molecule has 2 bridgehead atoms. The van der Waals surface area contributed by atoms with E-state index in [1.165, 1.54) is 6.04 Å². The normalized spacial score (nSPS) is 57.1. The van der Waals surface area contributed by atoms with Crippen molar-refractivity contribution in [2.45, 2.75) is 37.8 Å². The lowest BCUT2D eigenvalue weighted by molar-refractivity contribution is -0.188. The molecule has 0 amide bonds. The Labute approximate surface area is 100 Å². The molecule has 1 saturated heterocycles. The SMILES string of the molecule is C[Si]1(C)C[C@@H]2C[C@@H]3[C@]4(C1)C2C=C[C@]34C(F)(F)F. The number of fused-ring (bicyclic) bond motifs is 1. The fraction of sp³-hybridized carbons (Fsp3) is 0.846. The average Bonchev–Trinajstić information content (AvgIpc) is 2.45. The lowest BCUT2D eigenvalue weighted by atomic mass is 9.81. The van der Waals surface area contributed by atoms with Crippen LogP contribution in [-0.2, 0) is 0 Å². The van der Waals surface area contributed by atoms with Crippen molar-refractivity contribution in [3.8, 4) is 0 Å². The van der Waals surface area contributed by atoms with E-state index in [1.54, 1.807) is 6.08 Å². The Kier molecular flexibility index (Phi) is 1.51. The van der Waals surface area contributed by atoms with Gasteiger partial charge in [-0.3, -0.25) is 0 Å². The molecule has 1 spiro atoms. The van der Waals surface area contributed by atoms with Gasteiger partial charge in [-0.05, 0) is 35.6 Å². The second-order valence-electron chi connectivity index (χ2n) is 7.39. The molecule has 3 aliphatic carbocycles. The molecule has 94 valence electrons. The number of hydrogen-bond donors (Lipinski definition) is 0. The standard InChI is InChI=1S/C13H17F3Si/c1-17(2)6-8-5-10-11(7-17)9(8)3-4-12(10,11)13(14,15)16/h3-4,8-10H,5-7H2,1-2H3/t8-,9?,10+,11-,12-/m0/s1. The predicted octanol–water partition coefficient (Wildman–Crippen LogP) is 4.08. The summed E-state index contributed by atoms with van der Waals surface area (Å²) in [4.78, 5) is 0. The number of hydrogen-bond acceptors (Lipinski definition) is 0. The molecule has 0 radical (unpaired) electrons. The Morgan fingerprint density at radius 1 is 1.29 bits per heavy atom. The average molecular weight is 258 g/mol. The lowest BCUT2D eigenvalue weighted by Crippen LogP contribution is -2.44. The molecule has 1 unspecified atom stereocenters. The van der Waals surface area contributed by atoms with Gasteiger partial charge in [0.15, 0.2) is 0 Å². The minimum atomic E-state index is -4.02. The number of rotatable bonds is 0. The van der Waals surface area contributed by atoms with Crippen LogP contribution >= 0.6 is 0 Å². The maximum atomic E-state index is 13.4. The summed E-state index contributed by atoms with van der Waals surface area (Å²) in [6, 6.07) is 2.15. The van der Waals surface area contributed by atoms with Crippen LogP contribution < -0.4 is 0 Å². The zero-order chi connectivity index (χ0) is 12.3. The molecule has 2 saturated carbocycles. The maximum absolute atomic E-state index is 13.4. The van der Waals surface area contributed by atoms with E-state index in [2.05, 4.69) is 13.1 Å². The quantitative estimate of drug-likeness (QED) is 0.453. The summed E-state index contributed by atoms with van der Waals surface area (Å²) < 4.78 is 40.3. The van der Waals surface area contributed by atoms with Gasteiger partial charge in [0.2, 0.25) is 0 Å². The van der Waals surface area contributed by atoms with Gasteiger partial charge < -0.3 is 0 Å². The minimum Gasteiger partial charge on any atom is -0.170 e. The van der Waals surface area contributed by atoms with Crippen molar-refractivity contribution in [3.63, 3.8) is 0 Å². The van der Waals surface area contributed by atoms with Crippen LogP contribution in [0, 0.1) is 28.6 Å². The van der Waals surface area contributed by atoms with E-state index in [9.17, 15) is 13.2 Å². The van der Waals surface area contributed by atoms with Crippen LogP contribution in [0.15, 0.2) is 12.2 Å². The van der Waals surface area contributed by atoms with Crippen LogP contribution in [0.5, 0.6) is 0 Å². The fourth-order valence-electron chi connectivity index (χ4n) is 6.03. The van der Waals surface area contributed by atoms with Gasteiger partial charge >= 0.3 is 6.18 Å². The molecule has 5 atom stereocenters. The Morgan fingerprint density at radius 3 is 2.65 bits per heavy atom. The van der Waals surface area contributed by atoms with E-state index in [4.69, 9.17) is 0 Å². The van der Waals surface area contributed by atoms with Crippen LogP contribution in [0.2, 0.25) is 25.2 Å². The number of allylic oxidation sites excluding steroid dienone is 2. The highest BCUT2D eigenvalue weighted by atomic mass is 28.3. The van der Waals surface area contributed by atoms with E-state index in [1.807, 2.05) is 6.08 Å². The van der Waals surface area contributed by atoms with Gasteiger partial charge in [0, 0.05) is 8.07 Å². The molecule has 0 nitrogen and oxygen atoms in total. The first-order chi connectivity index (χ1) is 7.75. The molecular formula is C13H17F3Si. The van der Waals surface area contributed by atoms with Gasteiger partial charge in [-0.1, -0.05) is 31.3 Å². The second kappa shape index (κ2) is 2.40. The van der Waals surface area contributed by atoms with E-state index in [0.717, 1.165) is 12.5 Å². The summed E-state index contributed by atoms with van der Waals surface area (Å²) in [5.74, 6) is 0.767. The third-order valence-electron chi connectivity index (χ3n) is 6.12. The molecule has 3 fully saturated rings. The van der Waals surface area contributed by atoms with Crippen LogP contribution in [0.25, 0.3) is 0 Å². The molecular weight excluding hydrogens is 241 g/mol. The Balaban J connectivity index is 1.85. The van der Waals surface area contributed by atoms with Crippen LogP contribution in [0.1, 0.15) is 6.42 Å². The molecule has 17 heavy (non-hydrogen) atoms. The first kappa shape index (κ1) is 10.6. The first-order valence-electron chi connectivity index (χ1n) is 6.51. The molecule has 0 N–H and O–H groups in total. The van der Waals surface area contributed by atoms with Gasteiger partial charge in [0.25, 0.3) is 0 Å². The highest BCUT2D eigenvalue weighted by molar-refractivity contribution is 6.78. The number of alkyl halides is 3. The molecule has 4 aliphatic rings. The van der Waals surface area contributed by atoms with Crippen LogP contribution in [0.4, 0.5) is 13.2 Å². The van der Waals surface area contributed by atoms with E-state index in [-0.39, 0.29) is 17.3 Å². The van der Waals surface area contributed by atoms with Gasteiger partial charge in [-0.25, -0.2) is 0 Å². The smallest absolute Gasteiger partial charge is 0.170 e. The van der Waals surface area contributed by atoms with E-state index in [0.29, 0.717) is 5.92 Å². The monoisotopic (exact) mass is 258 g/mol. The Hall–Kier alpha value is -0.253. The van der Waals surface area contributed by atoms with Crippen molar-refractivity contribution in [2.75, 3.05) is 0 Å². The zero-order valence-corrected chi connectivity index (χ0v) is 11.1. The predicted molar refractivity (Wildman–Crippen MR) is 62.2 cm³/mol. The maximum Gasteiger partial charge on any atom is 0.398 e. The second-order valence-corrected chi connectivity index (χ2v) is 12.5. The summed E-state index contributed by atoms with van der Waals surface area (Å²) in [7, 11) is -1.39. The van der Waals surface area contributed by atoms with Gasteiger partial charge in [0.1, 0.15) is 0 Å². The van der Waals surface area contributed by atoms with Crippen molar-refractivity contribution in [1.82, 2.24) is 0 Å². The highest BCUT2D eigenvalue weighted by Gasteiger charge is 2.92. The first-order valence-corrected chi connectivity index (χ1v) is 9.92. The van der Waals surface area contributed by atoms with E-state index >= 15 is 0 Å². The molecule has 0 aromatic heterocycles. The van der Waals surface area contributed by atoms with Gasteiger partial charge in [-0.2, -0.15) is 13.2 Å². The molecule has 0 aromatic rings. The summed E-state index contributed by atoms with van der Waals surface area (Å²) in [5.41, 5.74) is -1.77. The third-order valence-corrected chi connectivity index (χ3v) is 9.29. The summed E-state index contributed by atoms with van der Waals surface area (Å²) >= 11 is 0. The summed E-state index contributed by atoms with van der Waals surface area (Å²) in [6.45, 7) is 4.57. The topological polar surface area (TPSA) is 0 Å². The molecule has 1 aliphatic heterocycles. The molecule has 4 heteroatoms. The van der Waals surface area contributed by atoms with E-state index < -0.39 is 19.7 Å². The van der Waals surface area contributed by atoms with Gasteiger partial charge in [0.05, 0.1) is 5.41 Å². The van der Waals surface area contributed by atoms with Crippen LogP contribution in [-0.4, -0.2) is 14.3 Å². The Morgan fingerprint density at radius 2 is 2.00 bits per heavy atom. The van der Waals surface area contributed by atoms with Crippen LogP contribution in [0.3, 0.4) is 0 Å². The molecule has 1 heterocycles. The van der Waals surface area contributed by atoms with Crippen molar-refractivity contribution < 1.29 is 13.2 Å².